The van der Waals surface area contributed by atoms with Crippen LogP contribution in [0.4, 0.5) is 0 Å². The first kappa shape index (κ1) is 19.2. The SMILES string of the molecule is Clc1ccc(C(Sc2cc(Cl)c(Cl)c(Cl)c2)C(Cl)n2ccnc2)cc1. The van der Waals surface area contributed by atoms with Crippen molar-refractivity contribution in [1.29, 1.82) is 0 Å². The third kappa shape index (κ3) is 4.60. The molecule has 2 unspecified atom stereocenters. The molecule has 0 N–H and O–H groups in total. The lowest BCUT2D eigenvalue weighted by Gasteiger charge is -2.24. The summed E-state index contributed by atoms with van der Waals surface area (Å²) in [7, 11) is 0. The smallest absolute Gasteiger partial charge is 0.125 e. The molecule has 8 heteroatoms. The highest BCUT2D eigenvalue weighted by Gasteiger charge is 2.24. The molecule has 3 rings (SSSR count). The van der Waals surface area contributed by atoms with Crippen molar-refractivity contribution in [2.24, 2.45) is 0 Å². The first-order chi connectivity index (χ1) is 12.0. The van der Waals surface area contributed by atoms with Gasteiger partial charge >= 0.3 is 0 Å². The van der Waals surface area contributed by atoms with Crippen LogP contribution < -0.4 is 0 Å². The molecule has 0 fully saturated rings. The van der Waals surface area contributed by atoms with E-state index in [0.717, 1.165) is 10.5 Å². The van der Waals surface area contributed by atoms with E-state index in [-0.39, 0.29) is 10.8 Å². The predicted molar refractivity (Wildman–Crippen MR) is 109 cm³/mol. The van der Waals surface area contributed by atoms with Crippen LogP contribution in [0.5, 0.6) is 0 Å². The van der Waals surface area contributed by atoms with E-state index >= 15 is 0 Å². The molecule has 0 aliphatic rings. The van der Waals surface area contributed by atoms with E-state index in [1.165, 1.54) is 11.8 Å². The minimum atomic E-state index is -0.373. The van der Waals surface area contributed by atoms with Crippen LogP contribution in [0.3, 0.4) is 0 Å². The topological polar surface area (TPSA) is 17.8 Å². The second-order valence-corrected chi connectivity index (χ2v) is 8.46. The minimum Gasteiger partial charge on any atom is -0.319 e. The van der Waals surface area contributed by atoms with Crippen molar-refractivity contribution in [2.75, 3.05) is 0 Å². The Balaban J connectivity index is 1.97. The van der Waals surface area contributed by atoms with Gasteiger partial charge in [0, 0.05) is 22.3 Å². The van der Waals surface area contributed by atoms with Crippen molar-refractivity contribution in [1.82, 2.24) is 9.55 Å². The van der Waals surface area contributed by atoms with Gasteiger partial charge in [-0.05, 0) is 29.8 Å². The quantitative estimate of drug-likeness (QED) is 0.224. The molecule has 2 atom stereocenters. The number of hydrogen-bond acceptors (Lipinski definition) is 2. The number of thioether (sulfide) groups is 1. The highest BCUT2D eigenvalue weighted by atomic mass is 35.5. The number of benzene rings is 2. The lowest BCUT2D eigenvalue weighted by Crippen LogP contribution is -2.09. The number of hydrogen-bond donors (Lipinski definition) is 0. The lowest BCUT2D eigenvalue weighted by molar-refractivity contribution is 0.651. The highest BCUT2D eigenvalue weighted by Crippen LogP contribution is 2.47. The second kappa shape index (κ2) is 8.43. The molecule has 0 amide bonds. The van der Waals surface area contributed by atoms with Crippen LogP contribution in [-0.4, -0.2) is 9.55 Å². The standard InChI is InChI=1S/C17H11Cl5N2S/c18-11-3-1-10(2-4-11)16(17(22)24-6-5-23-9-24)25-12-7-13(19)15(21)14(20)8-12/h1-9,16-17H. The molecule has 0 aliphatic heterocycles. The second-order valence-electron chi connectivity index (χ2n) is 5.17. The predicted octanol–water partition coefficient (Wildman–Crippen LogP) is 7.77. The van der Waals surface area contributed by atoms with Crippen LogP contribution in [0.15, 0.2) is 60.0 Å². The van der Waals surface area contributed by atoms with E-state index in [9.17, 15) is 0 Å². The minimum absolute atomic E-state index is 0.124. The number of alkyl halides is 1. The van der Waals surface area contributed by atoms with Crippen LogP contribution in [-0.2, 0) is 0 Å². The Hall–Kier alpha value is -0.550. The Morgan fingerprint density at radius 1 is 0.960 bits per heavy atom. The molecule has 0 spiro atoms. The number of nitrogens with zero attached hydrogens (tertiary/aromatic N) is 2. The highest BCUT2D eigenvalue weighted by molar-refractivity contribution is 7.99. The van der Waals surface area contributed by atoms with Crippen molar-refractivity contribution in [3.63, 3.8) is 0 Å². The molecule has 0 saturated heterocycles. The summed E-state index contributed by atoms with van der Waals surface area (Å²) in [4.78, 5) is 4.93. The van der Waals surface area contributed by atoms with Crippen molar-refractivity contribution in [2.45, 2.75) is 15.6 Å². The third-order valence-corrected chi connectivity index (χ3v) is 6.85. The zero-order valence-corrected chi connectivity index (χ0v) is 17.1. The molecule has 1 aromatic heterocycles. The van der Waals surface area contributed by atoms with Gasteiger partial charge < -0.3 is 4.57 Å². The van der Waals surface area contributed by atoms with E-state index in [2.05, 4.69) is 4.98 Å². The van der Waals surface area contributed by atoms with Gasteiger partial charge in [-0.3, -0.25) is 0 Å². The van der Waals surface area contributed by atoms with E-state index in [4.69, 9.17) is 58.0 Å². The maximum absolute atomic E-state index is 6.73. The molecular formula is C17H11Cl5N2S. The van der Waals surface area contributed by atoms with Crippen LogP contribution in [0.2, 0.25) is 20.1 Å². The van der Waals surface area contributed by atoms with Crippen LogP contribution >= 0.6 is 69.8 Å². The average molecular weight is 453 g/mol. The zero-order valence-electron chi connectivity index (χ0n) is 12.5. The largest absolute Gasteiger partial charge is 0.319 e. The fraction of sp³-hybridized carbons (Fsp3) is 0.118. The molecule has 2 nitrogen and oxygen atoms in total. The van der Waals surface area contributed by atoms with Gasteiger partial charge in [-0.2, -0.15) is 0 Å². The molecule has 1 heterocycles. The fourth-order valence-corrected chi connectivity index (χ4v) is 4.73. The molecule has 2 aromatic carbocycles. The molecule has 0 radical (unpaired) electrons. The van der Waals surface area contributed by atoms with Crippen LogP contribution in [0.1, 0.15) is 16.3 Å². The monoisotopic (exact) mass is 450 g/mol. The van der Waals surface area contributed by atoms with Crippen molar-refractivity contribution >= 4 is 69.8 Å². The third-order valence-electron chi connectivity index (χ3n) is 3.48. The van der Waals surface area contributed by atoms with Gasteiger partial charge in [-0.1, -0.05) is 70.1 Å². The summed E-state index contributed by atoms with van der Waals surface area (Å²) in [6.45, 7) is 0. The van der Waals surface area contributed by atoms with Gasteiger partial charge in [0.1, 0.15) is 5.50 Å². The maximum atomic E-state index is 6.73. The number of rotatable bonds is 5. The average Bonchev–Trinajstić information content (AvgIpc) is 3.12. The summed E-state index contributed by atoms with van der Waals surface area (Å²) in [5, 5.41) is 1.69. The molecule has 130 valence electrons. The number of halogens is 5. The van der Waals surface area contributed by atoms with Crippen molar-refractivity contribution in [3.8, 4) is 0 Å². The Kier molecular flexibility index (Phi) is 6.48. The van der Waals surface area contributed by atoms with Crippen molar-refractivity contribution in [3.05, 3.63) is 80.8 Å². The number of imidazole rings is 1. The van der Waals surface area contributed by atoms with E-state index in [1.807, 2.05) is 35.0 Å². The van der Waals surface area contributed by atoms with Crippen LogP contribution in [0, 0.1) is 0 Å². The Morgan fingerprint density at radius 3 is 2.16 bits per heavy atom. The molecule has 0 bridgehead atoms. The molecule has 0 saturated carbocycles. The van der Waals surface area contributed by atoms with Gasteiger partial charge in [0.2, 0.25) is 0 Å². The molecule has 25 heavy (non-hydrogen) atoms. The number of aromatic nitrogens is 2. The Bertz CT molecular complexity index is 829. The maximum Gasteiger partial charge on any atom is 0.125 e. The van der Waals surface area contributed by atoms with E-state index < -0.39 is 0 Å². The van der Waals surface area contributed by atoms with Crippen molar-refractivity contribution < 1.29 is 0 Å². The Morgan fingerprint density at radius 2 is 1.60 bits per heavy atom. The normalized spacial score (nSPS) is 13.6. The zero-order chi connectivity index (χ0) is 18.0. The van der Waals surface area contributed by atoms with Crippen LogP contribution in [0.25, 0.3) is 0 Å². The summed E-state index contributed by atoms with van der Waals surface area (Å²) in [6, 6.07) is 11.1. The summed E-state index contributed by atoms with van der Waals surface area (Å²) in [6.07, 6.45) is 5.20. The van der Waals surface area contributed by atoms with E-state index in [0.29, 0.717) is 20.1 Å². The first-order valence-corrected chi connectivity index (χ1v) is 9.96. The van der Waals surface area contributed by atoms with Gasteiger partial charge in [-0.15, -0.1) is 11.8 Å². The summed E-state index contributed by atoms with van der Waals surface area (Å²) in [5.41, 5.74) is 0.646. The van der Waals surface area contributed by atoms with Gasteiger partial charge in [0.25, 0.3) is 0 Å². The van der Waals surface area contributed by atoms with Gasteiger partial charge in [0.15, 0.2) is 0 Å². The molecular weight excluding hydrogens is 442 g/mol. The van der Waals surface area contributed by atoms with E-state index in [1.54, 1.807) is 24.7 Å². The van der Waals surface area contributed by atoms with Gasteiger partial charge in [0.05, 0.1) is 26.6 Å². The first-order valence-electron chi connectivity index (χ1n) is 7.14. The lowest BCUT2D eigenvalue weighted by atomic mass is 10.1. The Labute approximate surface area is 175 Å². The van der Waals surface area contributed by atoms with Gasteiger partial charge in [-0.25, -0.2) is 4.98 Å². The molecule has 3 aromatic rings. The fourth-order valence-electron chi connectivity index (χ4n) is 2.25. The summed E-state index contributed by atoms with van der Waals surface area (Å²) in [5.74, 6) is 0. The summed E-state index contributed by atoms with van der Waals surface area (Å²) < 4.78 is 1.84. The molecule has 0 aliphatic carbocycles. The summed E-state index contributed by atoms with van der Waals surface area (Å²) >= 11 is 32.6.